The van der Waals surface area contributed by atoms with Crippen LogP contribution in [0.5, 0.6) is 0 Å². The van der Waals surface area contributed by atoms with Gasteiger partial charge in [0.15, 0.2) is 0 Å². The maximum Gasteiger partial charge on any atom is 0.417 e. The van der Waals surface area contributed by atoms with Crippen LogP contribution in [0.15, 0.2) is 18.2 Å². The van der Waals surface area contributed by atoms with Crippen LogP contribution in [0.2, 0.25) is 5.02 Å². The van der Waals surface area contributed by atoms with Crippen LogP contribution in [-0.4, -0.2) is 0 Å². The second kappa shape index (κ2) is 4.07. The average molecular weight is 232 g/mol. The molecule has 0 unspecified atom stereocenters. The van der Waals surface area contributed by atoms with Crippen LogP contribution in [0, 0.1) is 0 Å². The minimum absolute atomic E-state index is 0. The number of nitrogens with two attached hydrogens (primary N) is 1. The Bertz CT molecular complexity index is 298. The molecule has 0 amide bonds. The van der Waals surface area contributed by atoms with Crippen molar-refractivity contribution in [1.82, 2.24) is 0 Å². The fourth-order valence-corrected chi connectivity index (χ4v) is 1.06. The van der Waals surface area contributed by atoms with Gasteiger partial charge in [0, 0.05) is 5.69 Å². The Balaban J connectivity index is 0.00000144. The van der Waals surface area contributed by atoms with Gasteiger partial charge >= 0.3 is 6.18 Å². The first-order chi connectivity index (χ1) is 5.41. The minimum Gasteiger partial charge on any atom is -0.399 e. The van der Waals surface area contributed by atoms with Crippen molar-refractivity contribution in [1.29, 1.82) is 0 Å². The fraction of sp³-hybridized carbons (Fsp3) is 0.143. The van der Waals surface area contributed by atoms with Crippen molar-refractivity contribution in [3.05, 3.63) is 28.8 Å². The summed E-state index contributed by atoms with van der Waals surface area (Å²) >= 11 is 5.31. The molecule has 0 saturated carbocycles. The first-order valence-electron chi connectivity index (χ1n) is 3.03. The van der Waals surface area contributed by atoms with E-state index in [0.717, 1.165) is 18.2 Å². The SMILES string of the molecule is Cl.Nc1ccc(C(F)(F)F)c(Cl)c1. The molecule has 0 bridgehead atoms. The molecule has 1 rings (SSSR count). The molecule has 13 heavy (non-hydrogen) atoms. The van der Waals surface area contributed by atoms with E-state index in [1.807, 2.05) is 0 Å². The summed E-state index contributed by atoms with van der Waals surface area (Å²) in [6.07, 6.45) is -4.41. The number of hydrogen-bond donors (Lipinski definition) is 1. The standard InChI is InChI=1S/C7H5ClF3N.ClH/c8-6-3-4(12)1-2-5(6)7(9,10)11;/h1-3H,12H2;1H. The molecule has 0 aliphatic carbocycles. The van der Waals surface area contributed by atoms with Gasteiger partial charge in [-0.25, -0.2) is 0 Å². The Morgan fingerprint density at radius 3 is 2.15 bits per heavy atom. The zero-order valence-corrected chi connectivity index (χ0v) is 7.80. The van der Waals surface area contributed by atoms with E-state index < -0.39 is 11.7 Å². The van der Waals surface area contributed by atoms with E-state index in [-0.39, 0.29) is 23.1 Å². The van der Waals surface area contributed by atoms with Crippen molar-refractivity contribution in [2.24, 2.45) is 0 Å². The van der Waals surface area contributed by atoms with Crippen LogP contribution in [-0.2, 0) is 6.18 Å². The van der Waals surface area contributed by atoms with Crippen molar-refractivity contribution in [2.45, 2.75) is 6.18 Å². The Morgan fingerprint density at radius 1 is 1.23 bits per heavy atom. The third-order valence-electron chi connectivity index (χ3n) is 1.30. The van der Waals surface area contributed by atoms with Crippen LogP contribution >= 0.6 is 24.0 Å². The molecule has 0 aliphatic heterocycles. The number of hydrogen-bond acceptors (Lipinski definition) is 1. The number of benzene rings is 1. The minimum atomic E-state index is -4.41. The summed E-state index contributed by atoms with van der Waals surface area (Å²) in [6.45, 7) is 0. The van der Waals surface area contributed by atoms with Gasteiger partial charge < -0.3 is 5.73 Å². The maximum atomic E-state index is 12.1. The molecule has 0 saturated heterocycles. The molecule has 1 nitrogen and oxygen atoms in total. The number of rotatable bonds is 0. The first kappa shape index (κ1) is 12.4. The molecule has 1 aromatic carbocycles. The lowest BCUT2D eigenvalue weighted by molar-refractivity contribution is -0.137. The molecule has 2 N–H and O–H groups in total. The smallest absolute Gasteiger partial charge is 0.399 e. The molecular weight excluding hydrogens is 226 g/mol. The topological polar surface area (TPSA) is 26.0 Å². The van der Waals surface area contributed by atoms with E-state index in [0.29, 0.717) is 0 Å². The molecule has 0 spiro atoms. The maximum absolute atomic E-state index is 12.1. The molecule has 1 aromatic rings. The van der Waals surface area contributed by atoms with Crippen molar-refractivity contribution in [3.8, 4) is 0 Å². The van der Waals surface area contributed by atoms with Crippen LogP contribution in [0.3, 0.4) is 0 Å². The first-order valence-corrected chi connectivity index (χ1v) is 3.41. The summed E-state index contributed by atoms with van der Waals surface area (Å²) in [4.78, 5) is 0. The summed E-state index contributed by atoms with van der Waals surface area (Å²) in [5.74, 6) is 0. The van der Waals surface area contributed by atoms with Crippen LogP contribution in [0.4, 0.5) is 18.9 Å². The fourth-order valence-electron chi connectivity index (χ4n) is 0.761. The number of alkyl halides is 3. The van der Waals surface area contributed by atoms with Gasteiger partial charge in [0.2, 0.25) is 0 Å². The normalized spacial score (nSPS) is 10.8. The van der Waals surface area contributed by atoms with Crippen molar-refractivity contribution in [3.63, 3.8) is 0 Å². The molecule has 0 radical (unpaired) electrons. The van der Waals surface area contributed by atoms with Gasteiger partial charge in [0.05, 0.1) is 10.6 Å². The zero-order valence-electron chi connectivity index (χ0n) is 6.23. The average Bonchev–Trinajstić information content (AvgIpc) is 1.83. The van der Waals surface area contributed by atoms with E-state index in [4.69, 9.17) is 17.3 Å². The number of anilines is 1. The van der Waals surface area contributed by atoms with Gasteiger partial charge in [-0.15, -0.1) is 12.4 Å². The summed E-state index contributed by atoms with van der Waals surface area (Å²) in [5, 5.41) is -0.373. The third kappa shape index (κ3) is 2.97. The van der Waals surface area contributed by atoms with Gasteiger partial charge in [-0.3, -0.25) is 0 Å². The van der Waals surface area contributed by atoms with E-state index >= 15 is 0 Å². The Hall–Kier alpha value is -0.610. The highest BCUT2D eigenvalue weighted by Crippen LogP contribution is 2.35. The van der Waals surface area contributed by atoms with Gasteiger partial charge in [-0.2, -0.15) is 13.2 Å². The van der Waals surface area contributed by atoms with Crippen LogP contribution in [0.1, 0.15) is 5.56 Å². The van der Waals surface area contributed by atoms with Gasteiger partial charge in [0.25, 0.3) is 0 Å². The highest BCUT2D eigenvalue weighted by Gasteiger charge is 2.32. The monoisotopic (exact) mass is 231 g/mol. The highest BCUT2D eigenvalue weighted by atomic mass is 35.5. The summed E-state index contributed by atoms with van der Waals surface area (Å²) < 4.78 is 36.2. The van der Waals surface area contributed by atoms with Crippen LogP contribution < -0.4 is 5.73 Å². The van der Waals surface area contributed by atoms with Crippen LogP contribution in [0.25, 0.3) is 0 Å². The van der Waals surface area contributed by atoms with Crippen molar-refractivity contribution < 1.29 is 13.2 Å². The molecule has 74 valence electrons. The predicted octanol–water partition coefficient (Wildman–Crippen LogP) is 3.36. The zero-order chi connectivity index (χ0) is 9.35. The van der Waals surface area contributed by atoms with E-state index in [9.17, 15) is 13.2 Å². The Labute approximate surface area is 84.1 Å². The van der Waals surface area contributed by atoms with E-state index in [2.05, 4.69) is 0 Å². The number of halogens is 5. The Kier molecular flexibility index (Phi) is 3.88. The molecule has 0 heterocycles. The van der Waals surface area contributed by atoms with E-state index in [1.165, 1.54) is 0 Å². The molecule has 0 aliphatic rings. The van der Waals surface area contributed by atoms with E-state index in [1.54, 1.807) is 0 Å². The third-order valence-corrected chi connectivity index (χ3v) is 1.61. The summed E-state index contributed by atoms with van der Waals surface area (Å²) in [7, 11) is 0. The predicted molar refractivity (Wildman–Crippen MR) is 48.1 cm³/mol. The molecule has 0 fully saturated rings. The lowest BCUT2D eigenvalue weighted by Gasteiger charge is -2.08. The second-order valence-corrected chi connectivity index (χ2v) is 2.64. The van der Waals surface area contributed by atoms with Gasteiger partial charge in [0.1, 0.15) is 0 Å². The molecular formula is C7H6Cl2F3N. The van der Waals surface area contributed by atoms with Crippen molar-refractivity contribution >= 4 is 29.7 Å². The summed E-state index contributed by atoms with van der Waals surface area (Å²) in [5.41, 5.74) is 4.57. The second-order valence-electron chi connectivity index (χ2n) is 2.24. The van der Waals surface area contributed by atoms with Crippen molar-refractivity contribution in [2.75, 3.05) is 5.73 Å². The summed E-state index contributed by atoms with van der Waals surface area (Å²) in [6, 6.07) is 3.09. The molecule has 6 heteroatoms. The van der Waals surface area contributed by atoms with Gasteiger partial charge in [-0.1, -0.05) is 11.6 Å². The highest BCUT2D eigenvalue weighted by molar-refractivity contribution is 6.31. The lowest BCUT2D eigenvalue weighted by Crippen LogP contribution is -2.05. The Morgan fingerprint density at radius 2 is 1.77 bits per heavy atom. The molecule has 0 atom stereocenters. The number of nitrogen functional groups attached to an aromatic ring is 1. The largest absolute Gasteiger partial charge is 0.417 e. The quantitative estimate of drug-likeness (QED) is 0.682. The van der Waals surface area contributed by atoms with Gasteiger partial charge in [-0.05, 0) is 18.2 Å². The molecule has 0 aromatic heterocycles. The lowest BCUT2D eigenvalue weighted by atomic mass is 10.2.